The van der Waals surface area contributed by atoms with Crippen LogP contribution in [0.5, 0.6) is 17.2 Å². The number of carbonyl (C=O) groups excluding carboxylic acids is 1. The number of hydrogen-bond acceptors (Lipinski definition) is 7. The summed E-state index contributed by atoms with van der Waals surface area (Å²) >= 11 is 1.09. The maximum Gasteiger partial charge on any atom is 0.266 e. The second kappa shape index (κ2) is 10.5. The maximum absolute atomic E-state index is 13.5. The van der Waals surface area contributed by atoms with Gasteiger partial charge < -0.3 is 19.5 Å². The number of thioether (sulfide) groups is 1. The van der Waals surface area contributed by atoms with E-state index in [0.717, 1.165) is 11.8 Å². The Morgan fingerprint density at radius 2 is 1.66 bits per heavy atom. The van der Waals surface area contributed by atoms with Crippen molar-refractivity contribution in [3.63, 3.8) is 0 Å². The molecule has 0 fully saturated rings. The van der Waals surface area contributed by atoms with Gasteiger partial charge in [0.2, 0.25) is 11.7 Å². The van der Waals surface area contributed by atoms with Crippen molar-refractivity contribution in [2.75, 3.05) is 32.4 Å². The zero-order valence-electron chi connectivity index (χ0n) is 19.2. The van der Waals surface area contributed by atoms with E-state index in [9.17, 15) is 14.0 Å². The van der Waals surface area contributed by atoms with Gasteiger partial charge >= 0.3 is 0 Å². The Hall–Kier alpha value is -4.05. The Kier molecular flexibility index (Phi) is 7.21. The molecule has 8 nitrogen and oxygen atoms in total. The van der Waals surface area contributed by atoms with Gasteiger partial charge in [0.25, 0.3) is 5.56 Å². The van der Waals surface area contributed by atoms with Crippen molar-refractivity contribution in [1.29, 1.82) is 0 Å². The van der Waals surface area contributed by atoms with Crippen LogP contribution in [-0.4, -0.2) is 42.5 Å². The van der Waals surface area contributed by atoms with Crippen LogP contribution in [0.15, 0.2) is 70.6 Å². The van der Waals surface area contributed by atoms with Crippen LogP contribution in [0.1, 0.15) is 0 Å². The molecule has 0 aliphatic rings. The smallest absolute Gasteiger partial charge is 0.266 e. The van der Waals surface area contributed by atoms with E-state index < -0.39 is 5.82 Å². The first-order valence-corrected chi connectivity index (χ1v) is 11.4. The van der Waals surface area contributed by atoms with Crippen LogP contribution in [0, 0.1) is 5.82 Å². The highest BCUT2D eigenvalue weighted by Crippen LogP contribution is 2.40. The van der Waals surface area contributed by atoms with E-state index in [1.54, 1.807) is 36.4 Å². The minimum absolute atomic E-state index is 0.0391. The van der Waals surface area contributed by atoms with Gasteiger partial charge in [0, 0.05) is 17.8 Å². The number of aromatic nitrogens is 2. The van der Waals surface area contributed by atoms with Crippen molar-refractivity contribution < 1.29 is 23.4 Å². The molecule has 0 atom stereocenters. The molecule has 1 heterocycles. The predicted molar refractivity (Wildman–Crippen MR) is 133 cm³/mol. The molecule has 180 valence electrons. The number of para-hydroxylation sites is 1. The quantitative estimate of drug-likeness (QED) is 0.288. The molecule has 1 aromatic heterocycles. The van der Waals surface area contributed by atoms with Crippen LogP contribution in [0.2, 0.25) is 0 Å². The van der Waals surface area contributed by atoms with Crippen LogP contribution >= 0.6 is 11.8 Å². The zero-order valence-corrected chi connectivity index (χ0v) is 20.0. The Labute approximate surface area is 204 Å². The number of nitrogens with one attached hydrogen (secondary N) is 1. The number of nitrogens with zero attached hydrogens (tertiary/aromatic N) is 2. The fourth-order valence-corrected chi connectivity index (χ4v) is 4.32. The summed E-state index contributed by atoms with van der Waals surface area (Å²) in [4.78, 5) is 30.6. The Balaban J connectivity index is 1.63. The number of hydrogen-bond donors (Lipinski definition) is 1. The molecular weight excluding hydrogens is 473 g/mol. The molecule has 0 aliphatic heterocycles. The first-order chi connectivity index (χ1) is 16.9. The van der Waals surface area contributed by atoms with Gasteiger partial charge in [-0.3, -0.25) is 14.2 Å². The average molecular weight is 496 g/mol. The summed E-state index contributed by atoms with van der Waals surface area (Å²) in [5, 5.41) is 3.52. The SMILES string of the molecule is COc1cc(NC(=O)CSc2nc3ccccc3c(=O)n2-c2ccc(F)cc2)cc(OC)c1OC. The molecule has 1 amide bonds. The van der Waals surface area contributed by atoms with Crippen molar-refractivity contribution in [1.82, 2.24) is 9.55 Å². The third kappa shape index (κ3) is 5.07. The number of rotatable bonds is 8. The first-order valence-electron chi connectivity index (χ1n) is 10.5. The molecule has 4 rings (SSSR count). The predicted octanol–water partition coefficient (Wildman–Crippen LogP) is 4.28. The summed E-state index contributed by atoms with van der Waals surface area (Å²) in [5.74, 6) is 0.410. The van der Waals surface area contributed by atoms with Gasteiger partial charge in [0.05, 0.1) is 43.7 Å². The minimum atomic E-state index is -0.422. The molecule has 4 aromatic rings. The number of ether oxygens (including phenoxy) is 3. The number of methoxy groups -OCH3 is 3. The second-order valence-electron chi connectivity index (χ2n) is 7.28. The first kappa shape index (κ1) is 24.1. The number of fused-ring (bicyclic) bond motifs is 1. The van der Waals surface area contributed by atoms with Gasteiger partial charge in [-0.2, -0.15) is 0 Å². The van der Waals surface area contributed by atoms with E-state index in [1.807, 2.05) is 0 Å². The minimum Gasteiger partial charge on any atom is -0.493 e. The molecule has 0 spiro atoms. The second-order valence-corrected chi connectivity index (χ2v) is 8.22. The van der Waals surface area contributed by atoms with Crippen LogP contribution in [0.3, 0.4) is 0 Å². The molecule has 1 N–H and O–H groups in total. The van der Waals surface area contributed by atoms with Crippen LogP contribution in [0.25, 0.3) is 16.6 Å². The van der Waals surface area contributed by atoms with Crippen LogP contribution in [0.4, 0.5) is 10.1 Å². The van der Waals surface area contributed by atoms with Crippen molar-refractivity contribution in [3.8, 4) is 22.9 Å². The molecule has 0 radical (unpaired) electrons. The lowest BCUT2D eigenvalue weighted by molar-refractivity contribution is -0.113. The number of halogens is 1. The summed E-state index contributed by atoms with van der Waals surface area (Å²) in [5.41, 5.74) is 1.09. The van der Waals surface area contributed by atoms with E-state index in [4.69, 9.17) is 14.2 Å². The summed E-state index contributed by atoms with van der Waals surface area (Å²) in [7, 11) is 4.46. The lowest BCUT2D eigenvalue weighted by Gasteiger charge is -2.15. The van der Waals surface area contributed by atoms with Gasteiger partial charge in [-0.05, 0) is 36.4 Å². The lowest BCUT2D eigenvalue weighted by atomic mass is 10.2. The van der Waals surface area contributed by atoms with Gasteiger partial charge in [-0.25, -0.2) is 9.37 Å². The summed E-state index contributed by atoms with van der Waals surface area (Å²) < 4.78 is 30.8. The van der Waals surface area contributed by atoms with Crippen LogP contribution in [-0.2, 0) is 4.79 Å². The number of anilines is 1. The van der Waals surface area contributed by atoms with Gasteiger partial charge in [-0.15, -0.1) is 0 Å². The third-order valence-corrected chi connectivity index (χ3v) is 6.05. The van der Waals surface area contributed by atoms with Gasteiger partial charge in [0.15, 0.2) is 16.7 Å². The molecule has 3 aromatic carbocycles. The number of benzene rings is 3. The topological polar surface area (TPSA) is 91.7 Å². The Bertz CT molecular complexity index is 1410. The zero-order chi connectivity index (χ0) is 24.9. The average Bonchev–Trinajstić information content (AvgIpc) is 2.87. The fourth-order valence-electron chi connectivity index (χ4n) is 3.51. The molecule has 0 bridgehead atoms. The lowest BCUT2D eigenvalue weighted by Crippen LogP contribution is -2.23. The molecule has 0 unspecified atom stereocenters. The monoisotopic (exact) mass is 495 g/mol. The third-order valence-electron chi connectivity index (χ3n) is 5.11. The Morgan fingerprint density at radius 3 is 2.29 bits per heavy atom. The normalized spacial score (nSPS) is 10.7. The maximum atomic E-state index is 13.5. The highest BCUT2D eigenvalue weighted by atomic mass is 32.2. The van der Waals surface area contributed by atoms with Crippen LogP contribution < -0.4 is 25.1 Å². The molecule has 0 saturated heterocycles. The summed E-state index contributed by atoms with van der Waals surface area (Å²) in [6, 6.07) is 15.7. The van der Waals surface area contributed by atoms with E-state index in [1.165, 1.54) is 50.2 Å². The number of amides is 1. The van der Waals surface area contributed by atoms with Crippen molar-refractivity contribution >= 4 is 34.3 Å². The van der Waals surface area contributed by atoms with Crippen molar-refractivity contribution in [3.05, 3.63) is 76.8 Å². The standard InChI is InChI=1S/C25H22FN3O5S/c1-32-20-12-16(13-21(33-2)23(20)34-3)27-22(30)14-35-25-28-19-7-5-4-6-18(19)24(31)29(25)17-10-8-15(26)9-11-17/h4-13H,14H2,1-3H3,(H,27,30). The van der Waals surface area contributed by atoms with Gasteiger partial charge in [-0.1, -0.05) is 23.9 Å². The van der Waals surface area contributed by atoms with Crippen molar-refractivity contribution in [2.45, 2.75) is 5.16 Å². The van der Waals surface area contributed by atoms with E-state index >= 15 is 0 Å². The molecule has 0 saturated carbocycles. The van der Waals surface area contributed by atoms with Gasteiger partial charge in [0.1, 0.15) is 5.82 Å². The largest absolute Gasteiger partial charge is 0.493 e. The van der Waals surface area contributed by atoms with E-state index in [-0.39, 0.29) is 17.2 Å². The summed E-state index contributed by atoms with van der Waals surface area (Å²) in [6.07, 6.45) is 0. The highest BCUT2D eigenvalue weighted by Gasteiger charge is 2.17. The molecular formula is C25H22FN3O5S. The molecule has 35 heavy (non-hydrogen) atoms. The summed E-state index contributed by atoms with van der Waals surface area (Å²) in [6.45, 7) is 0. The van der Waals surface area contributed by atoms with E-state index in [2.05, 4.69) is 10.3 Å². The fraction of sp³-hybridized carbons (Fsp3) is 0.160. The van der Waals surface area contributed by atoms with Crippen molar-refractivity contribution in [2.24, 2.45) is 0 Å². The van der Waals surface area contributed by atoms with E-state index in [0.29, 0.717) is 44.7 Å². The Morgan fingerprint density at radius 1 is 1.00 bits per heavy atom. The molecule has 0 aliphatic carbocycles. The highest BCUT2D eigenvalue weighted by molar-refractivity contribution is 7.99. The molecule has 10 heteroatoms. The number of carbonyl (C=O) groups is 1.